The molecule has 1 rings (SSSR count). The summed E-state index contributed by atoms with van der Waals surface area (Å²) in [5.74, 6) is -0.466. The lowest BCUT2D eigenvalue weighted by Gasteiger charge is -2.05. The van der Waals surface area contributed by atoms with Crippen LogP contribution in [0, 0.1) is 0 Å². The van der Waals surface area contributed by atoms with Crippen molar-refractivity contribution in [3.05, 3.63) is 0 Å². The number of alkyl halides is 2. The first-order valence-electron chi connectivity index (χ1n) is 3.61. The molecule has 2 atom stereocenters. The summed E-state index contributed by atoms with van der Waals surface area (Å²) in [4.78, 5) is 11.0. The summed E-state index contributed by atoms with van der Waals surface area (Å²) in [5.41, 5.74) is 0. The molecule has 0 spiro atoms. The van der Waals surface area contributed by atoms with Crippen LogP contribution in [0.3, 0.4) is 0 Å². The number of rotatable bonds is 3. The van der Waals surface area contributed by atoms with E-state index in [2.05, 4.69) is 15.9 Å². The smallest absolute Gasteiger partial charge is 0.326 e. The van der Waals surface area contributed by atoms with Crippen LogP contribution in [0.1, 0.15) is 19.8 Å². The van der Waals surface area contributed by atoms with Crippen molar-refractivity contribution in [2.75, 3.05) is 6.61 Å². The Hall–Kier alpha value is -0.120. The maximum absolute atomic E-state index is 12.5. The Morgan fingerprint density at radius 1 is 1.91 bits per heavy atom. The van der Waals surface area contributed by atoms with Crippen molar-refractivity contribution >= 4 is 21.9 Å². The van der Waals surface area contributed by atoms with E-state index in [-0.39, 0.29) is 6.42 Å². The Morgan fingerprint density at radius 3 is 2.82 bits per heavy atom. The van der Waals surface area contributed by atoms with E-state index in [9.17, 15) is 9.18 Å². The van der Waals surface area contributed by atoms with Crippen LogP contribution < -0.4 is 0 Å². The molecule has 0 radical (unpaired) electrons. The van der Waals surface area contributed by atoms with Crippen LogP contribution in [-0.4, -0.2) is 23.1 Å². The van der Waals surface area contributed by atoms with Gasteiger partial charge in [0.25, 0.3) is 0 Å². The van der Waals surface area contributed by atoms with Gasteiger partial charge in [-0.1, -0.05) is 22.9 Å². The fourth-order valence-electron chi connectivity index (χ4n) is 0.728. The average molecular weight is 225 g/mol. The van der Waals surface area contributed by atoms with Gasteiger partial charge in [-0.05, 0) is 6.42 Å². The molecule has 0 bridgehead atoms. The summed E-state index contributed by atoms with van der Waals surface area (Å²) in [5, 5.41) is 0. The Bertz CT molecular complexity index is 174. The first kappa shape index (κ1) is 8.97. The van der Waals surface area contributed by atoms with E-state index in [0.717, 1.165) is 6.42 Å². The van der Waals surface area contributed by atoms with E-state index < -0.39 is 16.5 Å². The Labute approximate surface area is 73.2 Å². The zero-order valence-electron chi connectivity index (χ0n) is 6.27. The number of hydrogen-bond acceptors (Lipinski definition) is 2. The number of ether oxygens (including phenoxy) is 1. The molecule has 1 saturated carbocycles. The third-order valence-corrected chi connectivity index (χ3v) is 2.73. The van der Waals surface area contributed by atoms with E-state index in [1.165, 1.54) is 0 Å². The van der Waals surface area contributed by atoms with Gasteiger partial charge in [0.1, 0.15) is 6.17 Å². The van der Waals surface area contributed by atoms with Crippen molar-refractivity contribution in [3.63, 3.8) is 0 Å². The molecule has 0 aromatic heterocycles. The zero-order valence-corrected chi connectivity index (χ0v) is 7.86. The second kappa shape index (κ2) is 3.09. The molecular weight excluding hydrogens is 215 g/mol. The Kier molecular flexibility index (Phi) is 2.52. The van der Waals surface area contributed by atoms with E-state index in [4.69, 9.17) is 4.74 Å². The van der Waals surface area contributed by atoms with Crippen molar-refractivity contribution in [1.29, 1.82) is 0 Å². The Balaban J connectivity index is 2.31. The molecule has 1 aliphatic carbocycles. The third kappa shape index (κ3) is 1.72. The predicted molar refractivity (Wildman–Crippen MR) is 42.4 cm³/mol. The van der Waals surface area contributed by atoms with Gasteiger partial charge in [0, 0.05) is 6.42 Å². The van der Waals surface area contributed by atoms with Crippen molar-refractivity contribution in [2.45, 2.75) is 30.3 Å². The van der Waals surface area contributed by atoms with E-state index in [0.29, 0.717) is 6.61 Å². The van der Waals surface area contributed by atoms with E-state index >= 15 is 0 Å². The molecule has 0 heterocycles. The van der Waals surface area contributed by atoms with Gasteiger partial charge in [-0.3, -0.25) is 4.79 Å². The molecule has 0 aromatic carbocycles. The molecule has 0 aromatic rings. The third-order valence-electron chi connectivity index (χ3n) is 1.59. The highest BCUT2D eigenvalue weighted by molar-refractivity contribution is 9.10. The van der Waals surface area contributed by atoms with Gasteiger partial charge in [0.15, 0.2) is 4.32 Å². The van der Waals surface area contributed by atoms with Crippen LogP contribution >= 0.6 is 15.9 Å². The average Bonchev–Trinajstić information content (AvgIpc) is 2.56. The van der Waals surface area contributed by atoms with Crippen LogP contribution in [0.5, 0.6) is 0 Å². The minimum Gasteiger partial charge on any atom is -0.465 e. The van der Waals surface area contributed by atoms with Crippen LogP contribution in [-0.2, 0) is 9.53 Å². The second-order valence-electron chi connectivity index (χ2n) is 2.67. The summed E-state index contributed by atoms with van der Waals surface area (Å²) >= 11 is 3.00. The monoisotopic (exact) mass is 224 g/mol. The fourth-order valence-corrected chi connectivity index (χ4v) is 1.13. The quantitative estimate of drug-likeness (QED) is 0.540. The molecule has 64 valence electrons. The lowest BCUT2D eigenvalue weighted by molar-refractivity contribution is -0.144. The summed E-state index contributed by atoms with van der Waals surface area (Å²) in [6, 6.07) is 0. The summed E-state index contributed by atoms with van der Waals surface area (Å²) in [6.45, 7) is 2.27. The first-order valence-corrected chi connectivity index (χ1v) is 4.40. The lowest BCUT2D eigenvalue weighted by atomic mass is 10.4. The second-order valence-corrected chi connectivity index (χ2v) is 4.09. The van der Waals surface area contributed by atoms with Gasteiger partial charge in [-0.25, -0.2) is 4.39 Å². The molecule has 2 unspecified atom stereocenters. The molecule has 11 heavy (non-hydrogen) atoms. The molecule has 1 aliphatic rings. The Morgan fingerprint density at radius 2 is 2.45 bits per heavy atom. The number of carbonyl (C=O) groups excluding carboxylic acids is 1. The minimum atomic E-state index is -1.06. The highest BCUT2D eigenvalue weighted by atomic mass is 79.9. The van der Waals surface area contributed by atoms with Crippen LogP contribution in [0.25, 0.3) is 0 Å². The molecule has 0 amide bonds. The van der Waals surface area contributed by atoms with Gasteiger partial charge < -0.3 is 4.74 Å². The SMILES string of the molecule is CCCOC(=O)C1(Br)CC1F. The van der Waals surface area contributed by atoms with E-state index in [1.54, 1.807) is 0 Å². The molecule has 2 nitrogen and oxygen atoms in total. The molecule has 0 aliphatic heterocycles. The number of hydrogen-bond donors (Lipinski definition) is 0. The lowest BCUT2D eigenvalue weighted by Crippen LogP contribution is -2.21. The van der Waals surface area contributed by atoms with Gasteiger partial charge >= 0.3 is 5.97 Å². The molecule has 4 heteroatoms. The highest BCUT2D eigenvalue weighted by Crippen LogP contribution is 2.48. The van der Waals surface area contributed by atoms with E-state index in [1.807, 2.05) is 6.92 Å². The van der Waals surface area contributed by atoms with Gasteiger partial charge in [0.2, 0.25) is 0 Å². The minimum absolute atomic E-state index is 0.246. The van der Waals surface area contributed by atoms with Crippen molar-refractivity contribution in [3.8, 4) is 0 Å². The molecule has 0 N–H and O–H groups in total. The number of halogens is 2. The summed E-state index contributed by atoms with van der Waals surface area (Å²) < 4.78 is 16.3. The van der Waals surface area contributed by atoms with Gasteiger partial charge in [0.05, 0.1) is 6.61 Å². The van der Waals surface area contributed by atoms with Crippen LogP contribution in [0.15, 0.2) is 0 Å². The largest absolute Gasteiger partial charge is 0.465 e. The maximum Gasteiger partial charge on any atom is 0.326 e. The van der Waals surface area contributed by atoms with Gasteiger partial charge in [-0.15, -0.1) is 0 Å². The topological polar surface area (TPSA) is 26.3 Å². The zero-order chi connectivity index (χ0) is 8.48. The molecule has 1 fully saturated rings. The number of esters is 1. The number of carbonyl (C=O) groups is 1. The summed E-state index contributed by atoms with van der Waals surface area (Å²) in [7, 11) is 0. The first-order chi connectivity index (χ1) is 5.11. The van der Waals surface area contributed by atoms with Crippen molar-refractivity contribution in [2.24, 2.45) is 0 Å². The fraction of sp³-hybridized carbons (Fsp3) is 0.857. The highest BCUT2D eigenvalue weighted by Gasteiger charge is 2.61. The van der Waals surface area contributed by atoms with Crippen molar-refractivity contribution < 1.29 is 13.9 Å². The normalized spacial score (nSPS) is 35.0. The van der Waals surface area contributed by atoms with Gasteiger partial charge in [-0.2, -0.15) is 0 Å². The van der Waals surface area contributed by atoms with Crippen LogP contribution in [0.4, 0.5) is 4.39 Å². The predicted octanol–water partition coefficient (Wildman–Crippen LogP) is 1.82. The summed E-state index contributed by atoms with van der Waals surface area (Å²) in [6.07, 6.45) is -0.0479. The van der Waals surface area contributed by atoms with Crippen LogP contribution in [0.2, 0.25) is 0 Å². The maximum atomic E-state index is 12.5. The molecular formula is C7H10BrFO2. The molecule has 0 saturated heterocycles. The standard InChI is InChI=1S/C7H10BrFO2/c1-2-3-11-6(10)7(8)4-5(7)9/h5H,2-4H2,1H3. The van der Waals surface area contributed by atoms with Crippen molar-refractivity contribution in [1.82, 2.24) is 0 Å².